The third kappa shape index (κ3) is 5.32. The summed E-state index contributed by atoms with van der Waals surface area (Å²) in [4.78, 5) is 17.6. The number of amides is 1. The number of nitrogens with zero attached hydrogens (tertiary/aromatic N) is 3. The second-order valence-corrected chi connectivity index (χ2v) is 8.82. The molecule has 0 aliphatic carbocycles. The standard InChI is InChI=1S/C22H20FN5O4S/c1-28(2)22(20(25)29)32-21-15(12-24)11-18(13-5-9-17(10-6-13)33(26,30)31)19(27-21)14-3-7-16(23)8-4-14/h3-11,22H,1-2H3,(H2,25,29)(H2,26,30,31). The summed E-state index contributed by atoms with van der Waals surface area (Å²) < 4.78 is 42.3. The number of hydrogen-bond donors (Lipinski definition) is 2. The van der Waals surface area contributed by atoms with Gasteiger partial charge in [0, 0.05) is 11.1 Å². The molecule has 1 amide bonds. The van der Waals surface area contributed by atoms with E-state index in [1.54, 1.807) is 14.1 Å². The van der Waals surface area contributed by atoms with Crippen LogP contribution in [-0.2, 0) is 14.8 Å². The molecule has 0 spiro atoms. The summed E-state index contributed by atoms with van der Waals surface area (Å²) in [6, 6.07) is 14.6. The van der Waals surface area contributed by atoms with Gasteiger partial charge in [-0.3, -0.25) is 9.69 Å². The fourth-order valence-electron chi connectivity index (χ4n) is 3.06. The minimum absolute atomic E-state index is 0.0134. The van der Waals surface area contributed by atoms with Gasteiger partial charge in [0.25, 0.3) is 5.91 Å². The molecule has 3 rings (SSSR count). The summed E-state index contributed by atoms with van der Waals surface area (Å²) in [6.07, 6.45) is -1.19. The molecule has 170 valence electrons. The Balaban J connectivity index is 2.23. The number of primary sulfonamides is 1. The van der Waals surface area contributed by atoms with E-state index in [9.17, 15) is 22.9 Å². The second kappa shape index (κ2) is 9.33. The van der Waals surface area contributed by atoms with Crippen molar-refractivity contribution in [3.63, 3.8) is 0 Å². The Morgan fingerprint density at radius 2 is 1.70 bits per heavy atom. The third-order valence-corrected chi connectivity index (χ3v) is 5.58. The number of primary amides is 1. The number of hydrogen-bond acceptors (Lipinski definition) is 7. The molecule has 11 heteroatoms. The molecule has 4 N–H and O–H groups in total. The maximum absolute atomic E-state index is 13.5. The lowest BCUT2D eigenvalue weighted by Gasteiger charge is -2.23. The van der Waals surface area contributed by atoms with E-state index in [4.69, 9.17) is 15.6 Å². The fourth-order valence-corrected chi connectivity index (χ4v) is 3.58. The van der Waals surface area contributed by atoms with Crippen molar-refractivity contribution in [1.29, 1.82) is 5.26 Å². The average Bonchev–Trinajstić information content (AvgIpc) is 2.76. The normalized spacial score (nSPS) is 12.2. The van der Waals surface area contributed by atoms with E-state index in [2.05, 4.69) is 4.98 Å². The molecule has 0 aliphatic heterocycles. The number of carbonyl (C=O) groups is 1. The van der Waals surface area contributed by atoms with Gasteiger partial charge < -0.3 is 10.5 Å². The summed E-state index contributed by atoms with van der Waals surface area (Å²) in [5.74, 6) is -1.37. The van der Waals surface area contributed by atoms with Crippen LogP contribution in [0.1, 0.15) is 5.56 Å². The van der Waals surface area contributed by atoms with E-state index in [0.717, 1.165) is 0 Å². The van der Waals surface area contributed by atoms with Crippen LogP contribution in [0.4, 0.5) is 4.39 Å². The van der Waals surface area contributed by atoms with E-state index in [1.165, 1.54) is 59.5 Å². The van der Waals surface area contributed by atoms with Gasteiger partial charge in [0.15, 0.2) is 0 Å². The van der Waals surface area contributed by atoms with Gasteiger partial charge in [-0.1, -0.05) is 12.1 Å². The Bertz CT molecular complexity index is 1330. The molecule has 0 saturated heterocycles. The van der Waals surface area contributed by atoms with E-state index in [-0.39, 0.29) is 16.3 Å². The molecule has 1 atom stereocenters. The number of nitrogens with two attached hydrogens (primary N) is 2. The van der Waals surface area contributed by atoms with Crippen LogP contribution in [-0.4, -0.2) is 44.5 Å². The Morgan fingerprint density at radius 3 is 2.18 bits per heavy atom. The third-order valence-electron chi connectivity index (χ3n) is 4.66. The number of pyridine rings is 1. The van der Waals surface area contributed by atoms with Crippen molar-refractivity contribution in [1.82, 2.24) is 9.88 Å². The number of aromatic nitrogens is 1. The highest BCUT2D eigenvalue weighted by molar-refractivity contribution is 7.89. The Hall–Kier alpha value is -3.85. The van der Waals surface area contributed by atoms with Crippen molar-refractivity contribution in [2.24, 2.45) is 10.9 Å². The summed E-state index contributed by atoms with van der Waals surface area (Å²) in [7, 11) is -0.750. The van der Waals surface area contributed by atoms with Gasteiger partial charge in [0.2, 0.25) is 22.1 Å². The second-order valence-electron chi connectivity index (χ2n) is 7.26. The molecule has 0 bridgehead atoms. The number of sulfonamides is 1. The largest absolute Gasteiger partial charge is 0.448 e. The maximum Gasteiger partial charge on any atom is 0.274 e. The summed E-state index contributed by atoms with van der Waals surface area (Å²) in [5, 5.41) is 14.8. The highest BCUT2D eigenvalue weighted by Crippen LogP contribution is 2.35. The van der Waals surface area contributed by atoms with Crippen LogP contribution in [0.2, 0.25) is 0 Å². The fraction of sp³-hybridized carbons (Fsp3) is 0.136. The minimum Gasteiger partial charge on any atom is -0.448 e. The van der Waals surface area contributed by atoms with Crippen LogP contribution in [0.3, 0.4) is 0 Å². The van der Waals surface area contributed by atoms with Crippen molar-refractivity contribution >= 4 is 15.9 Å². The number of benzene rings is 2. The van der Waals surface area contributed by atoms with Gasteiger partial charge in [0.1, 0.15) is 17.4 Å². The van der Waals surface area contributed by atoms with Crippen LogP contribution in [0.5, 0.6) is 5.88 Å². The predicted octanol–water partition coefficient (Wildman–Crippen LogP) is 1.83. The summed E-state index contributed by atoms with van der Waals surface area (Å²) >= 11 is 0. The first-order chi connectivity index (χ1) is 15.5. The molecule has 0 saturated carbocycles. The first-order valence-corrected chi connectivity index (χ1v) is 11.0. The van der Waals surface area contributed by atoms with Gasteiger partial charge in [-0.15, -0.1) is 0 Å². The molecule has 1 unspecified atom stereocenters. The summed E-state index contributed by atoms with van der Waals surface area (Å²) in [6.45, 7) is 0. The van der Waals surface area contributed by atoms with Crippen molar-refractivity contribution in [2.75, 3.05) is 14.1 Å². The van der Waals surface area contributed by atoms with E-state index < -0.39 is 28.0 Å². The quantitative estimate of drug-likeness (QED) is 0.501. The molecule has 0 fully saturated rings. The molecule has 33 heavy (non-hydrogen) atoms. The first kappa shape index (κ1) is 23.8. The molecular weight excluding hydrogens is 449 g/mol. The monoisotopic (exact) mass is 469 g/mol. The van der Waals surface area contributed by atoms with Crippen LogP contribution in [0.25, 0.3) is 22.4 Å². The van der Waals surface area contributed by atoms with Crippen LogP contribution >= 0.6 is 0 Å². The highest BCUT2D eigenvalue weighted by Gasteiger charge is 2.24. The number of halogens is 1. The van der Waals surface area contributed by atoms with Gasteiger partial charge in [-0.05, 0) is 62.1 Å². The molecule has 1 heterocycles. The van der Waals surface area contributed by atoms with Gasteiger partial charge in [-0.2, -0.15) is 5.26 Å². The first-order valence-electron chi connectivity index (χ1n) is 9.48. The lowest BCUT2D eigenvalue weighted by Crippen LogP contribution is -2.45. The molecule has 1 aromatic heterocycles. The molecule has 2 aromatic carbocycles. The van der Waals surface area contributed by atoms with Crippen molar-refractivity contribution in [3.8, 4) is 34.3 Å². The lowest BCUT2D eigenvalue weighted by molar-refractivity contribution is -0.131. The topological polar surface area (TPSA) is 152 Å². The zero-order valence-corrected chi connectivity index (χ0v) is 18.5. The molecule has 0 radical (unpaired) electrons. The van der Waals surface area contributed by atoms with E-state index in [1.807, 2.05) is 6.07 Å². The molecule has 9 nitrogen and oxygen atoms in total. The van der Waals surface area contributed by atoms with Gasteiger partial charge in [-0.25, -0.2) is 22.9 Å². The smallest absolute Gasteiger partial charge is 0.274 e. The maximum atomic E-state index is 13.5. The van der Waals surface area contributed by atoms with Crippen LogP contribution in [0, 0.1) is 17.1 Å². The minimum atomic E-state index is -3.90. The molecule has 3 aromatic rings. The zero-order chi connectivity index (χ0) is 24.3. The van der Waals surface area contributed by atoms with Crippen molar-refractivity contribution < 1.29 is 22.3 Å². The molecular formula is C22H20FN5O4S. The van der Waals surface area contributed by atoms with Crippen molar-refractivity contribution in [2.45, 2.75) is 11.1 Å². The van der Waals surface area contributed by atoms with Gasteiger partial charge in [0.05, 0.1) is 10.6 Å². The number of nitriles is 1. The van der Waals surface area contributed by atoms with Crippen molar-refractivity contribution in [3.05, 3.63) is 66.0 Å². The molecule has 0 aliphatic rings. The number of carbonyl (C=O) groups excluding carboxylic acids is 1. The summed E-state index contributed by atoms with van der Waals surface area (Å²) in [5.41, 5.74) is 7.20. The predicted molar refractivity (Wildman–Crippen MR) is 118 cm³/mol. The zero-order valence-electron chi connectivity index (χ0n) is 17.7. The van der Waals surface area contributed by atoms with E-state index >= 15 is 0 Å². The Labute approximate surface area is 190 Å². The lowest BCUT2D eigenvalue weighted by atomic mass is 9.98. The number of ether oxygens (including phenoxy) is 1. The van der Waals surface area contributed by atoms with Crippen LogP contribution < -0.4 is 15.6 Å². The van der Waals surface area contributed by atoms with Gasteiger partial charge >= 0.3 is 0 Å². The average molecular weight is 469 g/mol. The SMILES string of the molecule is CN(C)C(Oc1nc(-c2ccc(F)cc2)c(-c2ccc(S(N)(=O)=O)cc2)cc1C#N)C(N)=O. The Morgan fingerprint density at radius 1 is 1.12 bits per heavy atom. The number of rotatable bonds is 7. The Kier molecular flexibility index (Phi) is 6.73. The number of likely N-dealkylation sites (N-methyl/N-ethyl adjacent to an activating group) is 1. The van der Waals surface area contributed by atoms with E-state index in [0.29, 0.717) is 22.4 Å². The van der Waals surface area contributed by atoms with Crippen LogP contribution in [0.15, 0.2) is 59.5 Å². The highest BCUT2D eigenvalue weighted by atomic mass is 32.2.